The second-order valence-corrected chi connectivity index (χ2v) is 4.94. The second-order valence-electron chi connectivity index (χ2n) is 3.95. The van der Waals surface area contributed by atoms with Crippen LogP contribution in [0.2, 0.25) is 0 Å². The molecule has 1 N–H and O–H groups in total. The van der Waals surface area contributed by atoms with E-state index in [2.05, 4.69) is 32.3 Å². The van der Waals surface area contributed by atoms with Crippen LogP contribution in [0.15, 0.2) is 0 Å². The fourth-order valence-electron chi connectivity index (χ4n) is 1.42. The Kier molecular flexibility index (Phi) is 9.10. The van der Waals surface area contributed by atoms with E-state index >= 15 is 0 Å². The molecule has 0 spiro atoms. The van der Waals surface area contributed by atoms with Gasteiger partial charge in [-0.15, -0.1) is 0 Å². The average molecular weight is 203 g/mol. The molecule has 0 aromatic carbocycles. The van der Waals surface area contributed by atoms with Crippen molar-refractivity contribution in [2.24, 2.45) is 5.92 Å². The largest absolute Gasteiger partial charge is 0.314 e. The maximum atomic E-state index is 3.57. The molecule has 80 valence electrons. The number of hydrogen-bond donors (Lipinski definition) is 1. The lowest BCUT2D eigenvalue weighted by atomic mass is 10.0. The van der Waals surface area contributed by atoms with Crippen LogP contribution in [-0.4, -0.2) is 24.6 Å². The van der Waals surface area contributed by atoms with Gasteiger partial charge >= 0.3 is 0 Å². The summed E-state index contributed by atoms with van der Waals surface area (Å²) in [6.07, 6.45) is 6.08. The molecule has 13 heavy (non-hydrogen) atoms. The van der Waals surface area contributed by atoms with Gasteiger partial charge in [-0.05, 0) is 44.2 Å². The van der Waals surface area contributed by atoms with Gasteiger partial charge in [-0.25, -0.2) is 0 Å². The molecule has 0 amide bonds. The monoisotopic (exact) mass is 203 g/mol. The minimum Gasteiger partial charge on any atom is -0.314 e. The summed E-state index contributed by atoms with van der Waals surface area (Å²) in [4.78, 5) is 0. The highest BCUT2D eigenvalue weighted by Gasteiger charge is 2.05. The number of hydrogen-bond acceptors (Lipinski definition) is 2. The molecular weight excluding hydrogens is 178 g/mol. The van der Waals surface area contributed by atoms with E-state index in [4.69, 9.17) is 0 Å². The van der Waals surface area contributed by atoms with Gasteiger partial charge in [0.1, 0.15) is 0 Å². The lowest BCUT2D eigenvalue weighted by molar-refractivity contribution is 0.414. The van der Waals surface area contributed by atoms with Crippen LogP contribution in [-0.2, 0) is 0 Å². The first-order valence-electron chi connectivity index (χ1n) is 5.43. The summed E-state index contributed by atoms with van der Waals surface area (Å²) in [5, 5.41) is 3.57. The summed E-state index contributed by atoms with van der Waals surface area (Å²) in [6, 6.07) is 0.691. The molecule has 0 aliphatic heterocycles. The van der Waals surface area contributed by atoms with Crippen LogP contribution in [0.1, 0.15) is 40.0 Å². The summed E-state index contributed by atoms with van der Waals surface area (Å²) >= 11 is 1.93. The third-order valence-corrected chi connectivity index (χ3v) is 3.17. The second kappa shape index (κ2) is 8.89. The molecule has 2 atom stereocenters. The topological polar surface area (TPSA) is 12.0 Å². The van der Waals surface area contributed by atoms with Gasteiger partial charge in [-0.3, -0.25) is 0 Å². The summed E-state index contributed by atoms with van der Waals surface area (Å²) in [6.45, 7) is 8.08. The molecule has 1 nitrogen and oxygen atoms in total. The van der Waals surface area contributed by atoms with Crippen LogP contribution in [0.5, 0.6) is 0 Å². The Morgan fingerprint density at radius 1 is 1.31 bits per heavy atom. The van der Waals surface area contributed by atoms with Crippen molar-refractivity contribution >= 4 is 11.8 Å². The summed E-state index contributed by atoms with van der Waals surface area (Å²) < 4.78 is 0. The number of rotatable bonds is 8. The smallest absolute Gasteiger partial charge is 0.00412 e. The Balaban J connectivity index is 3.24. The van der Waals surface area contributed by atoms with Gasteiger partial charge in [0.05, 0.1) is 0 Å². The van der Waals surface area contributed by atoms with Gasteiger partial charge in [0.25, 0.3) is 0 Å². The quantitative estimate of drug-likeness (QED) is 0.608. The molecular formula is C11H25NS. The average Bonchev–Trinajstić information content (AvgIpc) is 2.12. The van der Waals surface area contributed by atoms with Crippen molar-refractivity contribution in [1.82, 2.24) is 5.32 Å². The van der Waals surface area contributed by atoms with Gasteiger partial charge < -0.3 is 5.32 Å². The molecule has 0 rings (SSSR count). The van der Waals surface area contributed by atoms with Crippen LogP contribution >= 0.6 is 11.8 Å². The lowest BCUT2D eigenvalue weighted by Crippen LogP contribution is -2.28. The standard InChI is InChI=1S/C11H25NS/c1-5-10(2)9-11(3)12-7-6-8-13-4/h10-12H,5-9H2,1-4H3. The Morgan fingerprint density at radius 3 is 2.54 bits per heavy atom. The van der Waals surface area contributed by atoms with Gasteiger partial charge in [0.2, 0.25) is 0 Å². The van der Waals surface area contributed by atoms with Crippen molar-refractivity contribution in [1.29, 1.82) is 0 Å². The predicted molar refractivity (Wildman–Crippen MR) is 64.5 cm³/mol. The molecule has 0 heterocycles. The van der Waals surface area contributed by atoms with Crippen LogP contribution in [0, 0.1) is 5.92 Å². The molecule has 0 radical (unpaired) electrons. The maximum absolute atomic E-state index is 3.57. The van der Waals surface area contributed by atoms with E-state index in [1.165, 1.54) is 31.6 Å². The van der Waals surface area contributed by atoms with Crippen molar-refractivity contribution in [2.75, 3.05) is 18.6 Å². The normalized spacial score (nSPS) is 15.7. The van der Waals surface area contributed by atoms with E-state index < -0.39 is 0 Å². The van der Waals surface area contributed by atoms with E-state index in [0.717, 1.165) is 5.92 Å². The van der Waals surface area contributed by atoms with Crippen molar-refractivity contribution < 1.29 is 0 Å². The van der Waals surface area contributed by atoms with E-state index in [9.17, 15) is 0 Å². The highest BCUT2D eigenvalue weighted by Crippen LogP contribution is 2.09. The molecule has 0 saturated carbocycles. The van der Waals surface area contributed by atoms with Crippen LogP contribution in [0.4, 0.5) is 0 Å². The molecule has 2 heteroatoms. The minimum atomic E-state index is 0.691. The highest BCUT2D eigenvalue weighted by atomic mass is 32.2. The van der Waals surface area contributed by atoms with Crippen molar-refractivity contribution in [3.05, 3.63) is 0 Å². The predicted octanol–water partition coefficient (Wildman–Crippen LogP) is 3.15. The number of thioether (sulfide) groups is 1. The van der Waals surface area contributed by atoms with Crippen molar-refractivity contribution in [2.45, 2.75) is 46.1 Å². The molecule has 0 bridgehead atoms. The molecule has 0 aliphatic carbocycles. The summed E-state index contributed by atoms with van der Waals surface area (Å²) in [5.41, 5.74) is 0. The van der Waals surface area contributed by atoms with Gasteiger partial charge in [0.15, 0.2) is 0 Å². The fraction of sp³-hybridized carbons (Fsp3) is 1.00. The van der Waals surface area contributed by atoms with E-state index in [1.807, 2.05) is 11.8 Å². The SMILES string of the molecule is CCC(C)CC(C)NCCCSC. The Labute approximate surface area is 88.1 Å². The van der Waals surface area contributed by atoms with E-state index in [1.54, 1.807) is 0 Å². The van der Waals surface area contributed by atoms with Gasteiger partial charge in [-0.1, -0.05) is 20.3 Å². The number of nitrogens with one attached hydrogen (secondary N) is 1. The highest BCUT2D eigenvalue weighted by molar-refractivity contribution is 7.98. The first-order valence-corrected chi connectivity index (χ1v) is 6.82. The van der Waals surface area contributed by atoms with Crippen LogP contribution in [0.25, 0.3) is 0 Å². The summed E-state index contributed by atoms with van der Waals surface area (Å²) in [5.74, 6) is 2.14. The fourth-order valence-corrected chi connectivity index (χ4v) is 1.85. The molecule has 0 aromatic heterocycles. The third kappa shape index (κ3) is 8.63. The first-order chi connectivity index (χ1) is 6.20. The van der Waals surface area contributed by atoms with E-state index in [-0.39, 0.29) is 0 Å². The third-order valence-electron chi connectivity index (χ3n) is 2.47. The Hall–Kier alpha value is 0.310. The zero-order valence-electron chi connectivity index (χ0n) is 9.60. The lowest BCUT2D eigenvalue weighted by Gasteiger charge is -2.17. The summed E-state index contributed by atoms with van der Waals surface area (Å²) in [7, 11) is 0. The molecule has 0 fully saturated rings. The molecule has 2 unspecified atom stereocenters. The molecule has 0 aliphatic rings. The maximum Gasteiger partial charge on any atom is 0.00412 e. The van der Waals surface area contributed by atoms with Crippen molar-refractivity contribution in [3.8, 4) is 0 Å². The van der Waals surface area contributed by atoms with Gasteiger partial charge in [0, 0.05) is 6.04 Å². The van der Waals surface area contributed by atoms with E-state index in [0.29, 0.717) is 6.04 Å². The van der Waals surface area contributed by atoms with Crippen LogP contribution in [0.3, 0.4) is 0 Å². The Bertz CT molecular complexity index is 106. The first kappa shape index (κ1) is 13.3. The molecule has 0 aromatic rings. The van der Waals surface area contributed by atoms with Crippen LogP contribution < -0.4 is 5.32 Å². The zero-order chi connectivity index (χ0) is 10.1. The van der Waals surface area contributed by atoms with Gasteiger partial charge in [-0.2, -0.15) is 11.8 Å². The molecule has 0 saturated heterocycles. The van der Waals surface area contributed by atoms with Crippen molar-refractivity contribution in [3.63, 3.8) is 0 Å². The minimum absolute atomic E-state index is 0.691. The zero-order valence-corrected chi connectivity index (χ0v) is 10.4. The Morgan fingerprint density at radius 2 is 2.00 bits per heavy atom.